The summed E-state index contributed by atoms with van der Waals surface area (Å²) in [4.78, 5) is 26.5. The average molecular weight is 480 g/mol. The molecule has 0 N–H and O–H groups in total. The monoisotopic (exact) mass is 479 g/mol. The van der Waals surface area contributed by atoms with Crippen LogP contribution in [0.25, 0.3) is 5.69 Å². The summed E-state index contributed by atoms with van der Waals surface area (Å²) in [6, 6.07) is 12.6. The molecule has 6 nitrogen and oxygen atoms in total. The standard InChI is InChI=1S/C23H21ClF3N3O3/c1-15-12-20(31)21(28-30(15)18-8-3-6-16(13-18)23(25,26)27)22(32)29(2)10-5-11-33-19-9-4-7-17(24)14-19/h3-4,6-9,12-14H,5,10-11H2,1-2H3. The van der Waals surface area contributed by atoms with Crippen molar-refractivity contribution in [3.8, 4) is 11.4 Å². The van der Waals surface area contributed by atoms with Crippen molar-refractivity contribution in [2.24, 2.45) is 0 Å². The Morgan fingerprint density at radius 2 is 1.88 bits per heavy atom. The summed E-state index contributed by atoms with van der Waals surface area (Å²) in [6.07, 6.45) is -4.06. The van der Waals surface area contributed by atoms with E-state index in [-0.39, 0.29) is 17.9 Å². The van der Waals surface area contributed by atoms with Crippen LogP contribution >= 0.6 is 11.6 Å². The van der Waals surface area contributed by atoms with Crippen LogP contribution in [-0.4, -0.2) is 40.8 Å². The van der Waals surface area contributed by atoms with Crippen molar-refractivity contribution in [2.45, 2.75) is 19.5 Å². The zero-order chi connectivity index (χ0) is 24.2. The van der Waals surface area contributed by atoms with Gasteiger partial charge in [0, 0.05) is 30.4 Å². The number of aryl methyl sites for hydroxylation is 1. The zero-order valence-corrected chi connectivity index (χ0v) is 18.7. The first-order valence-electron chi connectivity index (χ1n) is 9.98. The van der Waals surface area contributed by atoms with Crippen LogP contribution in [0.2, 0.25) is 5.02 Å². The minimum atomic E-state index is -4.53. The fraction of sp³-hybridized carbons (Fsp3) is 0.261. The largest absolute Gasteiger partial charge is 0.493 e. The molecule has 1 heterocycles. The number of nitrogens with zero attached hydrogens (tertiary/aromatic N) is 3. The van der Waals surface area contributed by atoms with E-state index in [1.807, 2.05) is 0 Å². The molecule has 0 unspecified atom stereocenters. The van der Waals surface area contributed by atoms with Gasteiger partial charge in [0.25, 0.3) is 5.91 Å². The first-order valence-corrected chi connectivity index (χ1v) is 10.4. The summed E-state index contributed by atoms with van der Waals surface area (Å²) in [5.41, 5.74) is -1.45. The lowest BCUT2D eigenvalue weighted by atomic mass is 10.2. The average Bonchev–Trinajstić information content (AvgIpc) is 2.76. The Balaban J connectivity index is 1.73. The van der Waals surface area contributed by atoms with Crippen molar-refractivity contribution in [3.05, 3.63) is 86.8 Å². The van der Waals surface area contributed by atoms with Crippen LogP contribution in [0, 0.1) is 6.92 Å². The maximum Gasteiger partial charge on any atom is 0.416 e. The maximum absolute atomic E-state index is 13.1. The number of ether oxygens (including phenoxy) is 1. The number of carbonyl (C=O) groups excluding carboxylic acids is 1. The zero-order valence-electron chi connectivity index (χ0n) is 17.9. The Kier molecular flexibility index (Phi) is 7.43. The van der Waals surface area contributed by atoms with E-state index >= 15 is 0 Å². The summed E-state index contributed by atoms with van der Waals surface area (Å²) in [7, 11) is 1.51. The number of rotatable bonds is 7. The second-order valence-electron chi connectivity index (χ2n) is 7.34. The molecular formula is C23H21ClF3N3O3. The predicted octanol–water partition coefficient (Wildman–Crippen LogP) is 4.75. The fourth-order valence-corrected chi connectivity index (χ4v) is 3.28. The minimum absolute atomic E-state index is 0.0916. The van der Waals surface area contributed by atoms with Crippen molar-refractivity contribution in [1.29, 1.82) is 0 Å². The SMILES string of the molecule is Cc1cc(=O)c(C(=O)N(C)CCCOc2cccc(Cl)c2)nn1-c1cccc(C(F)(F)F)c1. The van der Waals surface area contributed by atoms with Crippen molar-refractivity contribution >= 4 is 17.5 Å². The van der Waals surface area contributed by atoms with Crippen LogP contribution in [0.4, 0.5) is 13.2 Å². The van der Waals surface area contributed by atoms with Crippen LogP contribution in [0.15, 0.2) is 59.4 Å². The van der Waals surface area contributed by atoms with Gasteiger partial charge in [0.2, 0.25) is 5.43 Å². The summed E-state index contributed by atoms with van der Waals surface area (Å²) in [5, 5.41) is 4.62. The molecular weight excluding hydrogens is 459 g/mol. The summed E-state index contributed by atoms with van der Waals surface area (Å²) < 4.78 is 46.0. The lowest BCUT2D eigenvalue weighted by Crippen LogP contribution is -2.34. The van der Waals surface area contributed by atoms with Gasteiger partial charge in [-0.25, -0.2) is 4.68 Å². The molecule has 0 radical (unpaired) electrons. The lowest BCUT2D eigenvalue weighted by Gasteiger charge is -2.18. The van der Waals surface area contributed by atoms with Crippen molar-refractivity contribution in [3.63, 3.8) is 0 Å². The molecule has 0 bridgehead atoms. The third-order valence-electron chi connectivity index (χ3n) is 4.78. The van der Waals surface area contributed by atoms with Crippen LogP contribution in [0.3, 0.4) is 0 Å². The molecule has 174 valence electrons. The Hall–Kier alpha value is -3.33. The predicted molar refractivity (Wildman–Crippen MR) is 118 cm³/mol. The Morgan fingerprint density at radius 1 is 1.15 bits per heavy atom. The molecule has 0 fully saturated rings. The highest BCUT2D eigenvalue weighted by atomic mass is 35.5. The number of carbonyl (C=O) groups is 1. The quantitative estimate of drug-likeness (QED) is 0.459. The van der Waals surface area contributed by atoms with E-state index in [2.05, 4.69) is 5.10 Å². The van der Waals surface area contributed by atoms with E-state index in [0.717, 1.165) is 16.8 Å². The van der Waals surface area contributed by atoms with E-state index in [9.17, 15) is 22.8 Å². The van der Waals surface area contributed by atoms with Crippen molar-refractivity contribution in [2.75, 3.05) is 20.2 Å². The summed E-state index contributed by atoms with van der Waals surface area (Å²) in [6.45, 7) is 2.12. The third-order valence-corrected chi connectivity index (χ3v) is 5.01. The highest BCUT2D eigenvalue weighted by Crippen LogP contribution is 2.30. The second kappa shape index (κ2) is 10.1. The van der Waals surface area contributed by atoms with Crippen LogP contribution in [-0.2, 0) is 6.18 Å². The van der Waals surface area contributed by atoms with Gasteiger partial charge in [-0.2, -0.15) is 18.3 Å². The van der Waals surface area contributed by atoms with E-state index in [4.69, 9.17) is 16.3 Å². The molecule has 0 spiro atoms. The van der Waals surface area contributed by atoms with Crippen molar-refractivity contribution in [1.82, 2.24) is 14.7 Å². The number of halogens is 4. The molecule has 0 aliphatic heterocycles. The molecule has 1 amide bonds. The number of aromatic nitrogens is 2. The van der Waals surface area contributed by atoms with E-state index in [1.165, 1.54) is 37.1 Å². The number of hydrogen-bond donors (Lipinski definition) is 0. The minimum Gasteiger partial charge on any atom is -0.493 e. The molecule has 10 heteroatoms. The van der Waals surface area contributed by atoms with Gasteiger partial charge in [0.05, 0.1) is 17.9 Å². The second-order valence-corrected chi connectivity index (χ2v) is 7.78. The van der Waals surface area contributed by atoms with Gasteiger partial charge in [-0.15, -0.1) is 0 Å². The van der Waals surface area contributed by atoms with Crippen LogP contribution in [0.5, 0.6) is 5.75 Å². The molecule has 0 saturated carbocycles. The van der Waals surface area contributed by atoms with Gasteiger partial charge in [-0.05, 0) is 49.7 Å². The van der Waals surface area contributed by atoms with Crippen LogP contribution in [0.1, 0.15) is 28.2 Å². The van der Waals surface area contributed by atoms with Gasteiger partial charge in [0.1, 0.15) is 5.75 Å². The van der Waals surface area contributed by atoms with E-state index in [0.29, 0.717) is 29.5 Å². The highest BCUT2D eigenvalue weighted by molar-refractivity contribution is 6.30. The topological polar surface area (TPSA) is 64.4 Å². The molecule has 0 atom stereocenters. The van der Waals surface area contributed by atoms with Gasteiger partial charge in [-0.3, -0.25) is 9.59 Å². The summed E-state index contributed by atoms with van der Waals surface area (Å²) in [5.74, 6) is -0.0378. The number of hydrogen-bond acceptors (Lipinski definition) is 4. The smallest absolute Gasteiger partial charge is 0.416 e. The number of benzene rings is 2. The first-order chi connectivity index (χ1) is 15.6. The Bertz CT molecular complexity index is 1210. The molecule has 2 aromatic carbocycles. The first kappa shape index (κ1) is 24.3. The molecule has 0 aliphatic carbocycles. The molecule has 0 saturated heterocycles. The molecule has 3 aromatic rings. The van der Waals surface area contributed by atoms with Gasteiger partial charge >= 0.3 is 6.18 Å². The third kappa shape index (κ3) is 6.13. The number of alkyl halides is 3. The molecule has 33 heavy (non-hydrogen) atoms. The Labute approximate surface area is 193 Å². The van der Waals surface area contributed by atoms with Gasteiger partial charge in [0.15, 0.2) is 5.69 Å². The Morgan fingerprint density at radius 3 is 2.58 bits per heavy atom. The van der Waals surface area contributed by atoms with Gasteiger partial charge in [-0.1, -0.05) is 23.7 Å². The molecule has 1 aromatic heterocycles. The summed E-state index contributed by atoms with van der Waals surface area (Å²) >= 11 is 5.90. The normalized spacial score (nSPS) is 11.3. The highest BCUT2D eigenvalue weighted by Gasteiger charge is 2.30. The lowest BCUT2D eigenvalue weighted by molar-refractivity contribution is -0.137. The van der Waals surface area contributed by atoms with E-state index < -0.39 is 23.1 Å². The van der Waals surface area contributed by atoms with Crippen molar-refractivity contribution < 1.29 is 22.7 Å². The van der Waals surface area contributed by atoms with Crippen LogP contribution < -0.4 is 10.2 Å². The fourth-order valence-electron chi connectivity index (χ4n) is 3.10. The molecule has 3 rings (SSSR count). The number of amides is 1. The maximum atomic E-state index is 13.1. The molecule has 0 aliphatic rings. The van der Waals surface area contributed by atoms with E-state index in [1.54, 1.807) is 24.3 Å². The van der Waals surface area contributed by atoms with Gasteiger partial charge < -0.3 is 9.64 Å².